The fraction of sp³-hybridized carbons (Fsp3) is 1.00. The predicted octanol–water partition coefficient (Wildman–Crippen LogP) is 5.71. The first-order valence-electron chi connectivity index (χ1n) is 14.3. The molecule has 11 atom stereocenters. The fourth-order valence-corrected chi connectivity index (χ4v) is 11.3. The van der Waals surface area contributed by atoms with Crippen molar-refractivity contribution in [2.24, 2.45) is 45.3 Å². The summed E-state index contributed by atoms with van der Waals surface area (Å²) in [4.78, 5) is 0. The van der Waals surface area contributed by atoms with Gasteiger partial charge in [-0.25, -0.2) is 0 Å². The summed E-state index contributed by atoms with van der Waals surface area (Å²) in [5.41, 5.74) is -0.846. The standard InChI is InChI=1S/C30H52O4/c1-25(2)22(32)12-14-27(5)21-10-9-18-19(30(8)16-13-23(34-30)26(3,4)33)11-15-28(18,6)29(21,7)17-20(31)24(25)27/h18-24,31-33H,9-17H2,1-8H3/t18-,19+,20-,21-,22-,23+,24+,27-,28-,29-,30+/m1/s1. The summed E-state index contributed by atoms with van der Waals surface area (Å²) in [6, 6.07) is 0. The van der Waals surface area contributed by atoms with Gasteiger partial charge in [-0.2, -0.15) is 0 Å². The van der Waals surface area contributed by atoms with Gasteiger partial charge >= 0.3 is 0 Å². The Kier molecular flexibility index (Phi) is 5.59. The average Bonchev–Trinajstić information content (AvgIpc) is 3.27. The summed E-state index contributed by atoms with van der Waals surface area (Å²) in [5.74, 6) is 1.87. The van der Waals surface area contributed by atoms with E-state index in [0.29, 0.717) is 17.8 Å². The molecule has 0 unspecified atom stereocenters. The van der Waals surface area contributed by atoms with Crippen molar-refractivity contribution in [2.45, 2.75) is 143 Å². The van der Waals surface area contributed by atoms with Gasteiger partial charge in [0.15, 0.2) is 0 Å². The molecule has 0 aromatic rings. The Morgan fingerprint density at radius 3 is 2.06 bits per heavy atom. The van der Waals surface area contributed by atoms with Gasteiger partial charge in [-0.3, -0.25) is 0 Å². The third-order valence-electron chi connectivity index (χ3n) is 13.1. The molecule has 0 amide bonds. The fourth-order valence-electron chi connectivity index (χ4n) is 11.3. The van der Waals surface area contributed by atoms with Gasteiger partial charge in [-0.05, 0) is 124 Å². The highest BCUT2D eigenvalue weighted by atomic mass is 16.5. The lowest BCUT2D eigenvalue weighted by Gasteiger charge is -2.71. The summed E-state index contributed by atoms with van der Waals surface area (Å²) >= 11 is 0. The first-order chi connectivity index (χ1) is 15.5. The maximum absolute atomic E-state index is 11.8. The molecule has 0 radical (unpaired) electrons. The molecule has 0 aromatic carbocycles. The Hall–Kier alpha value is -0.160. The normalized spacial score (nSPS) is 57.1. The van der Waals surface area contributed by atoms with E-state index < -0.39 is 5.60 Å². The van der Waals surface area contributed by atoms with E-state index in [1.807, 2.05) is 13.8 Å². The molecule has 4 heteroatoms. The zero-order valence-corrected chi connectivity index (χ0v) is 23.2. The maximum Gasteiger partial charge on any atom is 0.0865 e. The maximum atomic E-state index is 11.8. The van der Waals surface area contributed by atoms with Crippen molar-refractivity contribution in [3.05, 3.63) is 0 Å². The molecule has 0 spiro atoms. The first-order valence-corrected chi connectivity index (χ1v) is 14.3. The van der Waals surface area contributed by atoms with Crippen molar-refractivity contribution >= 4 is 0 Å². The molecular weight excluding hydrogens is 424 g/mol. The third kappa shape index (κ3) is 3.16. The Morgan fingerprint density at radius 2 is 1.44 bits per heavy atom. The number of aliphatic hydroxyl groups excluding tert-OH is 2. The van der Waals surface area contributed by atoms with Gasteiger partial charge in [0.05, 0.1) is 29.5 Å². The number of fused-ring (bicyclic) bond motifs is 5. The van der Waals surface area contributed by atoms with E-state index in [0.717, 1.165) is 32.1 Å². The summed E-state index contributed by atoms with van der Waals surface area (Å²) in [5, 5.41) is 33.3. The van der Waals surface area contributed by atoms with Crippen LogP contribution in [0.2, 0.25) is 0 Å². The molecule has 0 aromatic heterocycles. The van der Waals surface area contributed by atoms with Crippen molar-refractivity contribution in [1.82, 2.24) is 0 Å². The molecule has 196 valence electrons. The van der Waals surface area contributed by atoms with Crippen LogP contribution in [0.4, 0.5) is 0 Å². The number of ether oxygens (including phenoxy) is 1. The van der Waals surface area contributed by atoms with E-state index in [9.17, 15) is 15.3 Å². The largest absolute Gasteiger partial charge is 0.393 e. The highest BCUT2D eigenvalue weighted by molar-refractivity contribution is 5.20. The second-order valence-corrected chi connectivity index (χ2v) is 15.5. The first kappa shape index (κ1) is 25.5. The second kappa shape index (κ2) is 7.45. The van der Waals surface area contributed by atoms with Crippen molar-refractivity contribution < 1.29 is 20.1 Å². The average molecular weight is 477 g/mol. The van der Waals surface area contributed by atoms with Gasteiger partial charge in [0.1, 0.15) is 0 Å². The molecule has 1 aliphatic heterocycles. The predicted molar refractivity (Wildman–Crippen MR) is 135 cm³/mol. The Balaban J connectivity index is 1.47. The van der Waals surface area contributed by atoms with Gasteiger partial charge < -0.3 is 20.1 Å². The van der Waals surface area contributed by atoms with Gasteiger partial charge in [-0.1, -0.05) is 34.6 Å². The van der Waals surface area contributed by atoms with E-state index >= 15 is 0 Å². The van der Waals surface area contributed by atoms with Crippen LogP contribution in [0.25, 0.3) is 0 Å². The van der Waals surface area contributed by atoms with Crippen LogP contribution in [0.3, 0.4) is 0 Å². The number of rotatable bonds is 2. The SMILES string of the molecule is CC(C)(O)[C@@H]1CC[C@@](C)([C@H]2CC[C@]3(C)[C@@H]2CC[C@@H]2[C@@]4(C)CC[C@@H](O)C(C)(C)[C@@H]4[C@H](O)C[C@]23C)O1. The summed E-state index contributed by atoms with van der Waals surface area (Å²) < 4.78 is 6.70. The van der Waals surface area contributed by atoms with Crippen molar-refractivity contribution in [2.75, 3.05) is 0 Å². The van der Waals surface area contributed by atoms with Crippen LogP contribution in [0.5, 0.6) is 0 Å². The molecule has 5 fully saturated rings. The summed E-state index contributed by atoms with van der Waals surface area (Å²) in [7, 11) is 0. The molecule has 4 saturated carbocycles. The van der Waals surface area contributed by atoms with Gasteiger partial charge in [-0.15, -0.1) is 0 Å². The van der Waals surface area contributed by atoms with E-state index in [4.69, 9.17) is 4.74 Å². The summed E-state index contributed by atoms with van der Waals surface area (Å²) in [6.45, 7) is 18.0. The molecule has 1 heterocycles. The molecule has 5 aliphatic rings. The number of hydrogen-bond acceptors (Lipinski definition) is 4. The van der Waals surface area contributed by atoms with Crippen LogP contribution in [-0.4, -0.2) is 44.8 Å². The molecule has 34 heavy (non-hydrogen) atoms. The smallest absolute Gasteiger partial charge is 0.0865 e. The molecule has 5 rings (SSSR count). The minimum Gasteiger partial charge on any atom is -0.393 e. The van der Waals surface area contributed by atoms with Crippen LogP contribution < -0.4 is 0 Å². The molecule has 4 aliphatic carbocycles. The number of aliphatic hydroxyl groups is 3. The van der Waals surface area contributed by atoms with Crippen LogP contribution in [0.15, 0.2) is 0 Å². The zero-order chi connectivity index (χ0) is 25.1. The Morgan fingerprint density at radius 1 is 0.765 bits per heavy atom. The van der Waals surface area contributed by atoms with Gasteiger partial charge in [0.25, 0.3) is 0 Å². The monoisotopic (exact) mass is 476 g/mol. The topological polar surface area (TPSA) is 69.9 Å². The van der Waals surface area contributed by atoms with Crippen molar-refractivity contribution in [1.29, 1.82) is 0 Å². The summed E-state index contributed by atoms with van der Waals surface area (Å²) in [6.07, 6.45) is 8.83. The lowest BCUT2D eigenvalue weighted by molar-refractivity contribution is -0.259. The molecule has 3 N–H and O–H groups in total. The Labute approximate surface area is 208 Å². The van der Waals surface area contributed by atoms with E-state index in [1.54, 1.807) is 0 Å². The molecule has 0 bridgehead atoms. The minimum absolute atomic E-state index is 0.0704. The molecule has 4 nitrogen and oxygen atoms in total. The second-order valence-electron chi connectivity index (χ2n) is 15.5. The number of hydrogen-bond donors (Lipinski definition) is 3. The highest BCUT2D eigenvalue weighted by Gasteiger charge is 2.71. The van der Waals surface area contributed by atoms with Crippen molar-refractivity contribution in [3.8, 4) is 0 Å². The van der Waals surface area contributed by atoms with Crippen LogP contribution in [0, 0.1) is 45.3 Å². The lowest BCUT2D eigenvalue weighted by Crippen LogP contribution is -2.68. The molecule has 1 saturated heterocycles. The van der Waals surface area contributed by atoms with Crippen LogP contribution in [-0.2, 0) is 4.74 Å². The van der Waals surface area contributed by atoms with Crippen LogP contribution >= 0.6 is 0 Å². The van der Waals surface area contributed by atoms with Crippen LogP contribution in [0.1, 0.15) is 113 Å². The minimum atomic E-state index is -0.793. The zero-order valence-electron chi connectivity index (χ0n) is 23.2. The highest BCUT2D eigenvalue weighted by Crippen LogP contribution is 2.76. The van der Waals surface area contributed by atoms with E-state index in [1.165, 1.54) is 25.7 Å². The lowest BCUT2D eigenvalue weighted by atomic mass is 9.35. The van der Waals surface area contributed by atoms with E-state index in [-0.39, 0.29) is 51.5 Å². The third-order valence-corrected chi connectivity index (χ3v) is 13.1. The quantitative estimate of drug-likeness (QED) is 0.477. The van der Waals surface area contributed by atoms with Crippen molar-refractivity contribution in [3.63, 3.8) is 0 Å². The Bertz CT molecular complexity index is 817. The molecular formula is C30H52O4. The van der Waals surface area contributed by atoms with Gasteiger partial charge in [0.2, 0.25) is 0 Å². The van der Waals surface area contributed by atoms with E-state index in [2.05, 4.69) is 41.5 Å². The van der Waals surface area contributed by atoms with Gasteiger partial charge in [0, 0.05) is 0 Å².